The van der Waals surface area contributed by atoms with Crippen molar-refractivity contribution in [1.29, 1.82) is 0 Å². The first-order chi connectivity index (χ1) is 15.2. The molecule has 2 amide bonds. The number of carbonyl (C=O) groups excluding carboxylic acids is 2. The van der Waals surface area contributed by atoms with Gasteiger partial charge in [0.25, 0.3) is 5.91 Å². The molecule has 0 spiro atoms. The van der Waals surface area contributed by atoms with Crippen LogP contribution in [0.1, 0.15) is 28.8 Å². The van der Waals surface area contributed by atoms with Crippen LogP contribution in [0.2, 0.25) is 0 Å². The molecule has 1 aromatic heterocycles. The number of carbonyl (C=O) groups is 2. The molecule has 0 aliphatic carbocycles. The van der Waals surface area contributed by atoms with Gasteiger partial charge in [0.15, 0.2) is 0 Å². The highest BCUT2D eigenvalue weighted by atomic mass is 16.5. The van der Waals surface area contributed by atoms with Gasteiger partial charge in [0.1, 0.15) is 5.75 Å². The van der Waals surface area contributed by atoms with Crippen LogP contribution in [0, 0.1) is 5.92 Å². The Morgan fingerprint density at radius 3 is 2.48 bits per heavy atom. The monoisotopic (exact) mass is 418 g/mol. The zero-order valence-electron chi connectivity index (χ0n) is 17.5. The number of hydrogen-bond acceptors (Lipinski definition) is 4. The molecule has 7 nitrogen and oxygen atoms in total. The van der Waals surface area contributed by atoms with E-state index in [1.54, 1.807) is 18.2 Å². The number of piperidine rings is 1. The minimum atomic E-state index is -0.0711. The summed E-state index contributed by atoms with van der Waals surface area (Å²) in [5, 5.41) is 10.0. The van der Waals surface area contributed by atoms with E-state index >= 15 is 0 Å². The number of amides is 2. The summed E-state index contributed by atoms with van der Waals surface area (Å²) in [5.41, 5.74) is 3.18. The van der Waals surface area contributed by atoms with Crippen LogP contribution in [0.4, 0.5) is 0 Å². The van der Waals surface area contributed by atoms with Crippen molar-refractivity contribution in [2.24, 2.45) is 5.92 Å². The standard InChI is InChI=1S/C24H26N4O3/c1-31-20-9-7-18(8-10-20)22-21(16-26-27-22)24(30)28-13-11-19(12-14-28)23(29)25-15-17-5-3-2-4-6-17/h2-10,16,19H,11-15H2,1H3,(H,25,29)(H,26,27). The average Bonchev–Trinajstić information content (AvgIpc) is 3.33. The third-order valence-electron chi connectivity index (χ3n) is 5.71. The number of benzene rings is 2. The SMILES string of the molecule is COc1ccc(-c2[nH]ncc2C(=O)N2CCC(C(=O)NCc3ccccc3)CC2)cc1. The zero-order chi connectivity index (χ0) is 21.6. The van der Waals surface area contributed by atoms with Crippen molar-refractivity contribution in [3.8, 4) is 17.0 Å². The van der Waals surface area contributed by atoms with Crippen LogP contribution in [0.15, 0.2) is 60.8 Å². The summed E-state index contributed by atoms with van der Waals surface area (Å²) in [4.78, 5) is 27.4. The summed E-state index contributed by atoms with van der Waals surface area (Å²) in [6.07, 6.45) is 2.88. The molecule has 2 N–H and O–H groups in total. The Kier molecular flexibility index (Phi) is 6.31. The highest BCUT2D eigenvalue weighted by Crippen LogP contribution is 2.26. The Bertz CT molecular complexity index is 1020. The number of likely N-dealkylation sites (tertiary alicyclic amines) is 1. The molecule has 1 aliphatic heterocycles. The van der Waals surface area contributed by atoms with E-state index in [2.05, 4.69) is 15.5 Å². The van der Waals surface area contributed by atoms with E-state index in [9.17, 15) is 9.59 Å². The van der Waals surface area contributed by atoms with Crippen molar-refractivity contribution in [2.75, 3.05) is 20.2 Å². The zero-order valence-corrected chi connectivity index (χ0v) is 17.5. The van der Waals surface area contributed by atoms with E-state index in [1.807, 2.05) is 54.6 Å². The van der Waals surface area contributed by atoms with Gasteiger partial charge in [0.05, 0.1) is 24.6 Å². The van der Waals surface area contributed by atoms with E-state index in [4.69, 9.17) is 4.74 Å². The van der Waals surface area contributed by atoms with Crippen molar-refractivity contribution >= 4 is 11.8 Å². The van der Waals surface area contributed by atoms with E-state index in [0.29, 0.717) is 43.7 Å². The van der Waals surface area contributed by atoms with Gasteiger partial charge in [-0.1, -0.05) is 30.3 Å². The fourth-order valence-electron chi connectivity index (χ4n) is 3.87. The molecule has 1 aliphatic rings. The van der Waals surface area contributed by atoms with Crippen LogP contribution in [0.5, 0.6) is 5.75 Å². The third-order valence-corrected chi connectivity index (χ3v) is 5.71. The maximum Gasteiger partial charge on any atom is 0.257 e. The molecule has 1 fully saturated rings. The minimum Gasteiger partial charge on any atom is -0.497 e. The van der Waals surface area contributed by atoms with Crippen molar-refractivity contribution in [2.45, 2.75) is 19.4 Å². The molecular formula is C24H26N4O3. The van der Waals surface area contributed by atoms with E-state index in [1.165, 1.54) is 0 Å². The lowest BCUT2D eigenvalue weighted by molar-refractivity contribution is -0.126. The molecule has 3 aromatic rings. The van der Waals surface area contributed by atoms with E-state index in [-0.39, 0.29) is 17.7 Å². The molecule has 160 valence electrons. The van der Waals surface area contributed by atoms with Crippen molar-refractivity contribution in [3.63, 3.8) is 0 Å². The topological polar surface area (TPSA) is 87.3 Å². The second kappa shape index (κ2) is 9.47. The van der Waals surface area contributed by atoms with Gasteiger partial charge < -0.3 is 15.0 Å². The van der Waals surface area contributed by atoms with Crippen molar-refractivity contribution < 1.29 is 14.3 Å². The smallest absolute Gasteiger partial charge is 0.257 e. The van der Waals surface area contributed by atoms with Gasteiger partial charge in [0.2, 0.25) is 5.91 Å². The maximum absolute atomic E-state index is 13.1. The van der Waals surface area contributed by atoms with Gasteiger partial charge >= 0.3 is 0 Å². The summed E-state index contributed by atoms with van der Waals surface area (Å²) < 4.78 is 5.20. The molecule has 0 atom stereocenters. The Balaban J connectivity index is 1.34. The Hall–Kier alpha value is -3.61. The molecule has 0 radical (unpaired) electrons. The highest BCUT2D eigenvalue weighted by Gasteiger charge is 2.29. The number of rotatable bonds is 6. The number of ether oxygens (including phenoxy) is 1. The Morgan fingerprint density at radius 2 is 1.81 bits per heavy atom. The number of methoxy groups -OCH3 is 1. The van der Waals surface area contributed by atoms with Crippen LogP contribution in [-0.2, 0) is 11.3 Å². The molecule has 2 aromatic carbocycles. The second-order valence-corrected chi connectivity index (χ2v) is 7.66. The Labute approximate surface area is 181 Å². The molecule has 0 unspecified atom stereocenters. The average molecular weight is 418 g/mol. The van der Waals surface area contributed by atoms with Crippen molar-refractivity contribution in [1.82, 2.24) is 20.4 Å². The largest absolute Gasteiger partial charge is 0.497 e. The van der Waals surface area contributed by atoms with Gasteiger partial charge in [0, 0.05) is 31.1 Å². The highest BCUT2D eigenvalue weighted by molar-refractivity contribution is 6.00. The number of aromatic nitrogens is 2. The molecule has 2 heterocycles. The summed E-state index contributed by atoms with van der Waals surface area (Å²) in [6, 6.07) is 17.4. The molecule has 0 bridgehead atoms. The number of nitrogens with one attached hydrogen (secondary N) is 2. The number of H-pyrrole nitrogens is 1. The predicted octanol–water partition coefficient (Wildman–Crippen LogP) is 3.25. The molecule has 4 rings (SSSR count). The van der Waals surface area contributed by atoms with Gasteiger partial charge in [-0.3, -0.25) is 14.7 Å². The van der Waals surface area contributed by atoms with Gasteiger partial charge in [-0.15, -0.1) is 0 Å². The first-order valence-corrected chi connectivity index (χ1v) is 10.4. The lowest BCUT2D eigenvalue weighted by atomic mass is 9.95. The predicted molar refractivity (Wildman–Crippen MR) is 117 cm³/mol. The van der Waals surface area contributed by atoms with E-state index < -0.39 is 0 Å². The summed E-state index contributed by atoms with van der Waals surface area (Å²) >= 11 is 0. The third kappa shape index (κ3) is 4.77. The fourth-order valence-corrected chi connectivity index (χ4v) is 3.87. The van der Waals surface area contributed by atoms with Gasteiger partial charge in [-0.25, -0.2) is 0 Å². The van der Waals surface area contributed by atoms with Gasteiger partial charge in [-0.2, -0.15) is 5.10 Å². The fraction of sp³-hybridized carbons (Fsp3) is 0.292. The first kappa shape index (κ1) is 20.7. The van der Waals surface area contributed by atoms with Crippen LogP contribution in [0.3, 0.4) is 0 Å². The molecular weight excluding hydrogens is 392 g/mol. The Morgan fingerprint density at radius 1 is 1.10 bits per heavy atom. The number of nitrogens with zero attached hydrogens (tertiary/aromatic N) is 2. The van der Waals surface area contributed by atoms with Crippen molar-refractivity contribution in [3.05, 3.63) is 71.9 Å². The lowest BCUT2D eigenvalue weighted by Gasteiger charge is -2.31. The van der Waals surface area contributed by atoms with Crippen LogP contribution < -0.4 is 10.1 Å². The normalized spacial score (nSPS) is 14.3. The first-order valence-electron chi connectivity index (χ1n) is 10.4. The quantitative estimate of drug-likeness (QED) is 0.643. The second-order valence-electron chi connectivity index (χ2n) is 7.66. The molecule has 7 heteroatoms. The molecule has 31 heavy (non-hydrogen) atoms. The summed E-state index contributed by atoms with van der Waals surface area (Å²) in [6.45, 7) is 1.63. The summed E-state index contributed by atoms with van der Waals surface area (Å²) in [5.74, 6) is 0.669. The van der Waals surface area contributed by atoms with Gasteiger partial charge in [-0.05, 0) is 42.7 Å². The summed E-state index contributed by atoms with van der Waals surface area (Å²) in [7, 11) is 1.62. The minimum absolute atomic E-state index is 0.0539. The van der Waals surface area contributed by atoms with Crippen LogP contribution in [0.25, 0.3) is 11.3 Å². The number of aromatic amines is 1. The molecule has 0 saturated carbocycles. The van der Waals surface area contributed by atoms with Crippen LogP contribution in [-0.4, -0.2) is 47.1 Å². The van der Waals surface area contributed by atoms with E-state index in [0.717, 1.165) is 16.9 Å². The van der Waals surface area contributed by atoms with Crippen LogP contribution >= 0.6 is 0 Å². The maximum atomic E-state index is 13.1. The lowest BCUT2D eigenvalue weighted by Crippen LogP contribution is -2.43. The molecule has 1 saturated heterocycles. The number of hydrogen-bond donors (Lipinski definition) is 2.